The summed E-state index contributed by atoms with van der Waals surface area (Å²) in [5, 5.41) is 9.49. The van der Waals surface area contributed by atoms with E-state index in [1.54, 1.807) is 18.2 Å². The fourth-order valence-electron chi connectivity index (χ4n) is 2.63. The molecule has 0 aliphatic heterocycles. The van der Waals surface area contributed by atoms with E-state index in [1.807, 2.05) is 18.9 Å². The maximum absolute atomic E-state index is 12.4. The average molecular weight is 247 g/mol. The first-order valence-electron chi connectivity index (χ1n) is 6.66. The van der Waals surface area contributed by atoms with Crippen LogP contribution in [0.2, 0.25) is 0 Å². The van der Waals surface area contributed by atoms with Crippen molar-refractivity contribution in [1.82, 2.24) is 4.90 Å². The van der Waals surface area contributed by atoms with E-state index in [0.717, 1.165) is 18.4 Å². The summed E-state index contributed by atoms with van der Waals surface area (Å²) in [6, 6.07) is 5.43. The molecule has 2 rings (SSSR count). The van der Waals surface area contributed by atoms with Crippen molar-refractivity contribution in [3.05, 3.63) is 29.3 Å². The summed E-state index contributed by atoms with van der Waals surface area (Å²) in [4.78, 5) is 14.2. The van der Waals surface area contributed by atoms with Crippen molar-refractivity contribution in [1.29, 1.82) is 0 Å². The second kappa shape index (κ2) is 5.42. The molecule has 0 saturated heterocycles. The number of rotatable bonds is 2. The topological polar surface area (TPSA) is 40.5 Å². The van der Waals surface area contributed by atoms with E-state index in [4.69, 9.17) is 0 Å². The lowest BCUT2D eigenvalue weighted by Gasteiger charge is -2.31. The molecule has 0 heterocycles. The van der Waals surface area contributed by atoms with Gasteiger partial charge < -0.3 is 10.0 Å². The SMILES string of the molecule is Cc1cc(C(=O)N(C)C2CCCCC2)ccc1O. The number of nitrogens with zero attached hydrogens (tertiary/aromatic N) is 1. The van der Waals surface area contributed by atoms with Crippen LogP contribution in [0.1, 0.15) is 48.0 Å². The second-order valence-corrected chi connectivity index (χ2v) is 5.21. The summed E-state index contributed by atoms with van der Waals surface area (Å²) < 4.78 is 0. The highest BCUT2D eigenvalue weighted by Crippen LogP contribution is 2.24. The first-order chi connectivity index (χ1) is 8.59. The Morgan fingerprint density at radius 3 is 2.56 bits per heavy atom. The number of hydrogen-bond acceptors (Lipinski definition) is 2. The van der Waals surface area contributed by atoms with E-state index in [2.05, 4.69) is 0 Å². The molecule has 0 radical (unpaired) electrons. The molecule has 0 aromatic heterocycles. The van der Waals surface area contributed by atoms with Crippen molar-refractivity contribution < 1.29 is 9.90 Å². The quantitative estimate of drug-likeness (QED) is 0.872. The molecule has 0 spiro atoms. The van der Waals surface area contributed by atoms with Crippen LogP contribution >= 0.6 is 0 Å². The van der Waals surface area contributed by atoms with Crippen LogP contribution in [0.15, 0.2) is 18.2 Å². The molecule has 1 aromatic carbocycles. The number of aryl methyl sites for hydroxylation is 1. The Balaban J connectivity index is 2.11. The Morgan fingerprint density at radius 2 is 1.94 bits per heavy atom. The van der Waals surface area contributed by atoms with Gasteiger partial charge in [-0.25, -0.2) is 0 Å². The molecular weight excluding hydrogens is 226 g/mol. The number of hydrogen-bond donors (Lipinski definition) is 1. The number of carbonyl (C=O) groups excluding carboxylic acids is 1. The second-order valence-electron chi connectivity index (χ2n) is 5.21. The summed E-state index contributed by atoms with van der Waals surface area (Å²) in [6.45, 7) is 1.81. The Kier molecular flexibility index (Phi) is 3.90. The lowest BCUT2D eigenvalue weighted by atomic mass is 9.94. The zero-order valence-electron chi connectivity index (χ0n) is 11.1. The van der Waals surface area contributed by atoms with Crippen molar-refractivity contribution >= 4 is 5.91 Å². The maximum atomic E-state index is 12.4. The van der Waals surface area contributed by atoms with Crippen LogP contribution in [0.5, 0.6) is 5.75 Å². The van der Waals surface area contributed by atoms with Crippen LogP contribution in [0.25, 0.3) is 0 Å². The summed E-state index contributed by atoms with van der Waals surface area (Å²) in [6.07, 6.45) is 5.95. The minimum atomic E-state index is 0.0602. The first-order valence-corrected chi connectivity index (χ1v) is 6.66. The van der Waals surface area contributed by atoms with Gasteiger partial charge in [-0.3, -0.25) is 4.79 Å². The van der Waals surface area contributed by atoms with Crippen LogP contribution in [0.3, 0.4) is 0 Å². The molecule has 0 unspecified atom stereocenters. The number of amides is 1. The molecular formula is C15H21NO2. The molecule has 1 saturated carbocycles. The molecule has 1 aliphatic rings. The molecule has 98 valence electrons. The highest BCUT2D eigenvalue weighted by Gasteiger charge is 2.23. The van der Waals surface area contributed by atoms with Crippen molar-refractivity contribution in [2.45, 2.75) is 45.1 Å². The van der Waals surface area contributed by atoms with Crippen molar-refractivity contribution in [3.8, 4) is 5.75 Å². The van der Waals surface area contributed by atoms with Crippen LogP contribution in [0, 0.1) is 6.92 Å². The predicted octanol–water partition coefficient (Wildman–Crippen LogP) is 3.11. The number of phenols is 1. The predicted molar refractivity (Wildman–Crippen MR) is 71.8 cm³/mol. The molecule has 0 bridgehead atoms. The maximum Gasteiger partial charge on any atom is 0.253 e. The van der Waals surface area contributed by atoms with Crippen molar-refractivity contribution in [3.63, 3.8) is 0 Å². The molecule has 3 heteroatoms. The van der Waals surface area contributed by atoms with Crippen molar-refractivity contribution in [2.24, 2.45) is 0 Å². The molecule has 1 amide bonds. The van der Waals surface area contributed by atoms with Gasteiger partial charge in [-0.1, -0.05) is 19.3 Å². The Hall–Kier alpha value is -1.51. The lowest BCUT2D eigenvalue weighted by Crippen LogP contribution is -2.38. The van der Waals surface area contributed by atoms with Gasteiger partial charge in [0.05, 0.1) is 0 Å². The van der Waals surface area contributed by atoms with Crippen LogP contribution in [-0.4, -0.2) is 29.0 Å². The molecule has 3 nitrogen and oxygen atoms in total. The monoisotopic (exact) mass is 247 g/mol. The summed E-state index contributed by atoms with van der Waals surface area (Å²) in [5.74, 6) is 0.303. The van der Waals surface area contributed by atoms with Gasteiger partial charge in [0.25, 0.3) is 5.91 Å². The molecule has 18 heavy (non-hydrogen) atoms. The van der Waals surface area contributed by atoms with Crippen LogP contribution < -0.4 is 0 Å². The van der Waals surface area contributed by atoms with Gasteiger partial charge in [-0.2, -0.15) is 0 Å². The largest absolute Gasteiger partial charge is 0.508 e. The molecule has 1 fully saturated rings. The zero-order chi connectivity index (χ0) is 13.1. The highest BCUT2D eigenvalue weighted by molar-refractivity contribution is 5.94. The van der Waals surface area contributed by atoms with Gasteiger partial charge in [0.15, 0.2) is 0 Å². The standard InChI is InChI=1S/C15H21NO2/c1-11-10-12(8-9-14(11)17)15(18)16(2)13-6-4-3-5-7-13/h8-10,13,17H,3-7H2,1-2H3. The van der Waals surface area contributed by atoms with Gasteiger partial charge >= 0.3 is 0 Å². The smallest absolute Gasteiger partial charge is 0.253 e. The van der Waals surface area contributed by atoms with Gasteiger partial charge in [-0.15, -0.1) is 0 Å². The van der Waals surface area contributed by atoms with Crippen LogP contribution in [0.4, 0.5) is 0 Å². The summed E-state index contributed by atoms with van der Waals surface area (Å²) in [7, 11) is 1.89. The number of phenolic OH excluding ortho intramolecular Hbond substituents is 1. The Morgan fingerprint density at radius 1 is 1.28 bits per heavy atom. The average Bonchev–Trinajstić information content (AvgIpc) is 2.41. The Labute approximate surface area is 108 Å². The van der Waals surface area contributed by atoms with E-state index in [9.17, 15) is 9.90 Å². The minimum Gasteiger partial charge on any atom is -0.508 e. The van der Waals surface area contributed by atoms with Crippen molar-refractivity contribution in [2.75, 3.05) is 7.05 Å². The summed E-state index contributed by atoms with van der Waals surface area (Å²) >= 11 is 0. The van der Waals surface area contributed by atoms with Gasteiger partial charge in [-0.05, 0) is 43.5 Å². The fourth-order valence-corrected chi connectivity index (χ4v) is 2.63. The van der Waals surface area contributed by atoms with Gasteiger partial charge in [0.2, 0.25) is 0 Å². The van der Waals surface area contributed by atoms with E-state index in [0.29, 0.717) is 11.6 Å². The van der Waals surface area contributed by atoms with E-state index in [1.165, 1.54) is 19.3 Å². The van der Waals surface area contributed by atoms with E-state index >= 15 is 0 Å². The molecule has 0 atom stereocenters. The Bertz CT molecular complexity index is 436. The summed E-state index contributed by atoms with van der Waals surface area (Å²) in [5.41, 5.74) is 1.41. The fraction of sp³-hybridized carbons (Fsp3) is 0.533. The van der Waals surface area contributed by atoms with E-state index in [-0.39, 0.29) is 11.7 Å². The molecule has 1 aromatic rings. The normalized spacial score (nSPS) is 16.6. The van der Waals surface area contributed by atoms with E-state index < -0.39 is 0 Å². The van der Waals surface area contributed by atoms with Gasteiger partial charge in [0.1, 0.15) is 5.75 Å². The van der Waals surface area contributed by atoms with Gasteiger partial charge in [0, 0.05) is 18.7 Å². The third kappa shape index (κ3) is 2.66. The number of aromatic hydroxyl groups is 1. The number of carbonyl (C=O) groups is 1. The minimum absolute atomic E-state index is 0.0602. The highest BCUT2D eigenvalue weighted by atomic mass is 16.3. The molecule has 1 N–H and O–H groups in total. The van der Waals surface area contributed by atoms with Crippen LogP contribution in [-0.2, 0) is 0 Å². The zero-order valence-corrected chi connectivity index (χ0v) is 11.1. The molecule has 1 aliphatic carbocycles. The third-order valence-electron chi connectivity index (χ3n) is 3.89. The number of benzene rings is 1. The lowest BCUT2D eigenvalue weighted by molar-refractivity contribution is 0.0696. The first kappa shape index (κ1) is 12.9. The third-order valence-corrected chi connectivity index (χ3v) is 3.89.